The van der Waals surface area contributed by atoms with E-state index in [1.165, 1.54) is 0 Å². The second kappa shape index (κ2) is 5.87. The van der Waals surface area contributed by atoms with Gasteiger partial charge in [0, 0.05) is 13.1 Å². The molecule has 1 fully saturated rings. The first-order valence-corrected chi connectivity index (χ1v) is 7.43. The second-order valence-corrected chi connectivity index (χ2v) is 5.65. The topological polar surface area (TPSA) is 83.6 Å². The number of amides is 1. The van der Waals surface area contributed by atoms with E-state index in [-0.39, 0.29) is 5.91 Å². The summed E-state index contributed by atoms with van der Waals surface area (Å²) in [5.74, 6) is -0.324. The molecule has 21 heavy (non-hydrogen) atoms. The lowest BCUT2D eigenvalue weighted by Gasteiger charge is -2.38. The molecule has 0 bridgehead atoms. The molecule has 6 heteroatoms. The molecule has 0 aliphatic carbocycles. The van der Waals surface area contributed by atoms with E-state index < -0.39 is 11.4 Å². The summed E-state index contributed by atoms with van der Waals surface area (Å²) in [7, 11) is 0. The molecular weight excluding hydrogens is 272 g/mol. The lowest BCUT2D eigenvalue weighted by Crippen LogP contribution is -2.46. The zero-order chi connectivity index (χ0) is 15.6. The van der Waals surface area contributed by atoms with Crippen molar-refractivity contribution < 1.29 is 19.2 Å². The first-order chi connectivity index (χ1) is 9.95. The van der Waals surface area contributed by atoms with Crippen LogP contribution < -0.4 is 0 Å². The van der Waals surface area contributed by atoms with E-state index in [4.69, 9.17) is 4.52 Å². The molecule has 116 valence electrons. The molecule has 0 aromatic carbocycles. The number of carboxylic acids is 1. The fourth-order valence-corrected chi connectivity index (χ4v) is 2.95. The summed E-state index contributed by atoms with van der Waals surface area (Å²) in [6.07, 6.45) is 2.23. The van der Waals surface area contributed by atoms with Crippen molar-refractivity contribution in [2.24, 2.45) is 5.41 Å². The lowest BCUT2D eigenvalue weighted by atomic mass is 9.76. The Kier molecular flexibility index (Phi) is 4.34. The number of nitrogens with zero attached hydrogens (tertiary/aromatic N) is 2. The van der Waals surface area contributed by atoms with Gasteiger partial charge in [-0.15, -0.1) is 0 Å². The van der Waals surface area contributed by atoms with E-state index in [0.717, 1.165) is 0 Å². The summed E-state index contributed by atoms with van der Waals surface area (Å²) in [4.78, 5) is 25.8. The minimum atomic E-state index is -0.757. The van der Waals surface area contributed by atoms with Gasteiger partial charge in [0.1, 0.15) is 11.3 Å². The molecule has 1 aromatic heterocycles. The van der Waals surface area contributed by atoms with Crippen LogP contribution in [0.5, 0.6) is 0 Å². The number of carbonyl (C=O) groups is 2. The molecule has 1 N–H and O–H groups in total. The number of piperidine rings is 1. The van der Waals surface area contributed by atoms with Crippen LogP contribution in [0.3, 0.4) is 0 Å². The highest BCUT2D eigenvalue weighted by Gasteiger charge is 2.41. The Morgan fingerprint density at radius 2 is 1.95 bits per heavy atom. The van der Waals surface area contributed by atoms with Crippen LogP contribution in [-0.4, -0.2) is 40.1 Å². The largest absolute Gasteiger partial charge is 0.481 e. The maximum absolute atomic E-state index is 12.6. The zero-order valence-electron chi connectivity index (χ0n) is 12.8. The van der Waals surface area contributed by atoms with Gasteiger partial charge in [0.05, 0.1) is 11.1 Å². The van der Waals surface area contributed by atoms with Crippen molar-refractivity contribution in [3.8, 4) is 0 Å². The smallest absolute Gasteiger partial charge is 0.309 e. The maximum atomic E-state index is 12.6. The average Bonchev–Trinajstić information content (AvgIpc) is 2.87. The van der Waals surface area contributed by atoms with E-state index >= 15 is 0 Å². The standard InChI is InChI=1S/C15H22N2O4/c1-4-11-12(10(3)21-16-11)13(18)17-8-6-15(5-2,7-9-17)14(19)20/h4-9H2,1-3H3,(H,19,20). The van der Waals surface area contributed by atoms with Gasteiger partial charge in [-0.3, -0.25) is 9.59 Å². The van der Waals surface area contributed by atoms with E-state index in [2.05, 4.69) is 5.16 Å². The van der Waals surface area contributed by atoms with Crippen LogP contribution in [0.2, 0.25) is 0 Å². The van der Waals surface area contributed by atoms with Crippen molar-refractivity contribution in [2.45, 2.75) is 46.5 Å². The molecule has 0 radical (unpaired) electrons. The van der Waals surface area contributed by atoms with Gasteiger partial charge in [0.25, 0.3) is 5.91 Å². The number of aliphatic carboxylic acids is 1. The van der Waals surface area contributed by atoms with Crippen LogP contribution in [0, 0.1) is 12.3 Å². The highest BCUT2D eigenvalue weighted by molar-refractivity contribution is 5.96. The Balaban J connectivity index is 2.14. The van der Waals surface area contributed by atoms with Crippen molar-refractivity contribution in [1.82, 2.24) is 10.1 Å². The molecule has 0 unspecified atom stereocenters. The van der Waals surface area contributed by atoms with Crippen molar-refractivity contribution in [3.63, 3.8) is 0 Å². The highest BCUT2D eigenvalue weighted by atomic mass is 16.5. The number of rotatable bonds is 4. The molecule has 1 amide bonds. The van der Waals surface area contributed by atoms with Gasteiger partial charge in [0.2, 0.25) is 0 Å². The predicted molar refractivity (Wildman–Crippen MR) is 76.1 cm³/mol. The highest BCUT2D eigenvalue weighted by Crippen LogP contribution is 2.35. The number of likely N-dealkylation sites (tertiary alicyclic amines) is 1. The Hall–Kier alpha value is -1.85. The number of carboxylic acid groups (broad SMARTS) is 1. The van der Waals surface area contributed by atoms with Gasteiger partial charge in [-0.05, 0) is 32.6 Å². The molecule has 1 saturated heterocycles. The number of hydrogen-bond acceptors (Lipinski definition) is 4. The first-order valence-electron chi connectivity index (χ1n) is 7.43. The van der Waals surface area contributed by atoms with Gasteiger partial charge in [-0.1, -0.05) is 19.0 Å². The fourth-order valence-electron chi connectivity index (χ4n) is 2.95. The molecule has 1 aliphatic rings. The fraction of sp³-hybridized carbons (Fsp3) is 0.667. The van der Waals surface area contributed by atoms with Crippen LogP contribution in [0.25, 0.3) is 0 Å². The van der Waals surface area contributed by atoms with Crippen LogP contribution in [0.15, 0.2) is 4.52 Å². The third kappa shape index (κ3) is 2.66. The monoisotopic (exact) mass is 294 g/mol. The summed E-state index contributed by atoms with van der Waals surface area (Å²) in [5, 5.41) is 13.3. The van der Waals surface area contributed by atoms with Crippen molar-refractivity contribution in [2.75, 3.05) is 13.1 Å². The number of aromatic nitrogens is 1. The van der Waals surface area contributed by atoms with Crippen molar-refractivity contribution >= 4 is 11.9 Å². The summed E-state index contributed by atoms with van der Waals surface area (Å²) in [5.41, 5.74) is 0.522. The van der Waals surface area contributed by atoms with Crippen LogP contribution in [0.1, 0.15) is 54.9 Å². The van der Waals surface area contributed by atoms with Crippen LogP contribution in [0.4, 0.5) is 0 Å². The third-order valence-corrected chi connectivity index (χ3v) is 4.62. The summed E-state index contributed by atoms with van der Waals surface area (Å²) in [6, 6.07) is 0. The molecule has 0 atom stereocenters. The minimum absolute atomic E-state index is 0.0966. The number of aryl methyl sites for hydroxylation is 2. The molecule has 0 saturated carbocycles. The lowest BCUT2D eigenvalue weighted by molar-refractivity contribution is -0.152. The molecule has 0 spiro atoms. The minimum Gasteiger partial charge on any atom is -0.481 e. The van der Waals surface area contributed by atoms with Crippen molar-refractivity contribution in [1.29, 1.82) is 0 Å². The Morgan fingerprint density at radius 1 is 1.33 bits per heavy atom. The van der Waals surface area contributed by atoms with Gasteiger partial charge in [0.15, 0.2) is 0 Å². The van der Waals surface area contributed by atoms with Crippen LogP contribution >= 0.6 is 0 Å². The van der Waals surface area contributed by atoms with E-state index in [1.807, 2.05) is 13.8 Å². The molecule has 1 aromatic rings. The van der Waals surface area contributed by atoms with E-state index in [0.29, 0.717) is 55.8 Å². The summed E-state index contributed by atoms with van der Waals surface area (Å²) < 4.78 is 5.11. The quantitative estimate of drug-likeness (QED) is 0.920. The van der Waals surface area contributed by atoms with Gasteiger partial charge >= 0.3 is 5.97 Å². The SMILES string of the molecule is CCc1noc(C)c1C(=O)N1CCC(CC)(C(=O)O)CC1. The van der Waals surface area contributed by atoms with Crippen LogP contribution in [-0.2, 0) is 11.2 Å². The number of hydrogen-bond donors (Lipinski definition) is 1. The predicted octanol–water partition coefficient (Wildman–Crippen LogP) is 2.26. The summed E-state index contributed by atoms with van der Waals surface area (Å²) >= 11 is 0. The van der Waals surface area contributed by atoms with Gasteiger partial charge in [-0.2, -0.15) is 0 Å². The normalized spacial score (nSPS) is 17.8. The zero-order valence-corrected chi connectivity index (χ0v) is 12.8. The summed E-state index contributed by atoms with van der Waals surface area (Å²) in [6.45, 7) is 6.48. The second-order valence-electron chi connectivity index (χ2n) is 5.65. The molecule has 2 heterocycles. The van der Waals surface area contributed by atoms with E-state index in [9.17, 15) is 14.7 Å². The van der Waals surface area contributed by atoms with Gasteiger partial charge < -0.3 is 14.5 Å². The average molecular weight is 294 g/mol. The Labute approximate surface area is 124 Å². The third-order valence-electron chi connectivity index (χ3n) is 4.62. The molecule has 6 nitrogen and oxygen atoms in total. The first kappa shape index (κ1) is 15.5. The van der Waals surface area contributed by atoms with Crippen molar-refractivity contribution in [3.05, 3.63) is 17.0 Å². The van der Waals surface area contributed by atoms with Gasteiger partial charge in [-0.25, -0.2) is 0 Å². The maximum Gasteiger partial charge on any atom is 0.309 e. The molecular formula is C15H22N2O4. The Bertz CT molecular complexity index is 542. The van der Waals surface area contributed by atoms with E-state index in [1.54, 1.807) is 11.8 Å². The molecule has 1 aliphatic heterocycles. The molecule has 2 rings (SSSR count). The number of carbonyl (C=O) groups excluding carboxylic acids is 1. The Morgan fingerprint density at radius 3 is 2.43 bits per heavy atom.